The predicted octanol–water partition coefficient (Wildman–Crippen LogP) is 4.49. The van der Waals surface area contributed by atoms with Crippen molar-refractivity contribution in [3.63, 3.8) is 0 Å². The Hall–Kier alpha value is -6.62. The number of aliphatic carboxylic acids is 6. The first-order chi connectivity index (χ1) is 32.1. The van der Waals surface area contributed by atoms with E-state index in [0.29, 0.717) is 0 Å². The first-order valence-electron chi connectivity index (χ1n) is 22.1. The first-order valence-corrected chi connectivity index (χ1v) is 22.1. The number of carboxylic acid groups (broad SMARTS) is 6. The molecule has 22 heteroatoms. The van der Waals surface area contributed by atoms with Crippen LogP contribution < -0.4 is 0 Å². The molecule has 0 amide bonds. The molecule has 68 heavy (non-hydrogen) atoms. The van der Waals surface area contributed by atoms with Gasteiger partial charge in [-0.15, -0.1) is 0 Å². The third-order valence-electron chi connectivity index (χ3n) is 10.5. The Balaban J connectivity index is 0.000000467. The van der Waals surface area contributed by atoms with Crippen LogP contribution in [0, 0.1) is 0 Å². The molecule has 0 aliphatic rings. The largest absolute Gasteiger partial charge is 0.481 e. The van der Waals surface area contributed by atoms with Crippen molar-refractivity contribution in [2.45, 2.75) is 116 Å². The van der Waals surface area contributed by atoms with Gasteiger partial charge in [0.2, 0.25) is 11.8 Å². The number of aromatic nitrogens is 4. The number of hydrogen-bond donors (Lipinski definition) is 8. The van der Waals surface area contributed by atoms with Crippen molar-refractivity contribution in [1.82, 2.24) is 30.1 Å². The Morgan fingerprint density at radius 1 is 0.500 bits per heavy atom. The fourth-order valence-corrected chi connectivity index (χ4v) is 6.54. The molecule has 8 N–H and O–H groups in total. The molecule has 0 fully saturated rings. The summed E-state index contributed by atoms with van der Waals surface area (Å²) in [5.41, 5.74) is -2.98. The number of carbonyl (C=O) groups is 6. The van der Waals surface area contributed by atoms with Crippen LogP contribution in [0.5, 0.6) is 0 Å². The van der Waals surface area contributed by atoms with Gasteiger partial charge in [0.05, 0.1) is 25.7 Å². The maximum absolute atomic E-state index is 10.3. The van der Waals surface area contributed by atoms with Gasteiger partial charge < -0.3 is 59.7 Å². The highest BCUT2D eigenvalue weighted by molar-refractivity contribution is 5.88. The lowest BCUT2D eigenvalue weighted by molar-refractivity contribution is -0.170. The van der Waals surface area contributed by atoms with E-state index < -0.39 is 72.7 Å². The van der Waals surface area contributed by atoms with Gasteiger partial charge in [-0.1, -0.05) is 113 Å². The van der Waals surface area contributed by atoms with E-state index in [1.54, 1.807) is 0 Å². The molecule has 0 bridgehead atoms. The van der Waals surface area contributed by atoms with Gasteiger partial charge >= 0.3 is 35.8 Å². The van der Waals surface area contributed by atoms with E-state index in [9.17, 15) is 28.8 Å². The molecule has 4 rings (SSSR count). The van der Waals surface area contributed by atoms with Crippen molar-refractivity contribution in [3.05, 3.63) is 95.2 Å². The molecular weight excluding hydrogens is 893 g/mol. The first kappa shape index (κ1) is 59.4. The second-order valence-corrected chi connectivity index (χ2v) is 15.3. The van der Waals surface area contributed by atoms with Crippen LogP contribution in [0.15, 0.2) is 69.7 Å². The quantitative estimate of drug-likeness (QED) is 0.0429. The van der Waals surface area contributed by atoms with Gasteiger partial charge in [0, 0.05) is 37.8 Å². The fraction of sp³-hybridized carbons (Fsp3) is 0.522. The van der Waals surface area contributed by atoms with Crippen molar-refractivity contribution >= 4 is 35.8 Å². The van der Waals surface area contributed by atoms with Gasteiger partial charge in [-0.3, -0.25) is 19.2 Å². The van der Waals surface area contributed by atoms with Crippen LogP contribution in [0.2, 0.25) is 0 Å². The number of hydrogen-bond acceptors (Lipinski definition) is 16. The summed E-state index contributed by atoms with van der Waals surface area (Å²) in [7, 11) is 0. The van der Waals surface area contributed by atoms with Crippen molar-refractivity contribution in [1.29, 1.82) is 0 Å². The number of nitrogens with zero attached hydrogens (tertiary/aromatic N) is 6. The molecule has 0 saturated carbocycles. The zero-order valence-electron chi connectivity index (χ0n) is 39.4. The summed E-state index contributed by atoms with van der Waals surface area (Å²) in [6.45, 7) is 19.2. The fourth-order valence-electron chi connectivity index (χ4n) is 6.54. The minimum atomic E-state index is -2.74. The lowest BCUT2D eigenvalue weighted by atomic mass is 9.96. The lowest BCUT2D eigenvalue weighted by Crippen LogP contribution is -2.42. The Labute approximate surface area is 394 Å². The average molecular weight is 959 g/mol. The molecule has 0 saturated heterocycles. The highest BCUT2D eigenvalue weighted by Gasteiger charge is 2.41. The van der Waals surface area contributed by atoms with Crippen LogP contribution in [-0.4, -0.2) is 157 Å². The van der Waals surface area contributed by atoms with Gasteiger partial charge in [-0.2, -0.15) is 9.97 Å². The van der Waals surface area contributed by atoms with E-state index in [0.717, 1.165) is 88.4 Å². The van der Waals surface area contributed by atoms with Crippen molar-refractivity contribution in [2.24, 2.45) is 0 Å². The summed E-state index contributed by atoms with van der Waals surface area (Å²) in [5.74, 6) is -6.51. The molecule has 22 nitrogen and oxygen atoms in total. The second kappa shape index (κ2) is 30.6. The Kier molecular flexibility index (Phi) is 26.7. The normalized spacial score (nSPS) is 12.0. The Bertz CT molecular complexity index is 1940. The van der Waals surface area contributed by atoms with E-state index in [2.05, 4.69) is 120 Å². The summed E-state index contributed by atoms with van der Waals surface area (Å²) in [4.78, 5) is 74.9. The van der Waals surface area contributed by atoms with E-state index in [1.165, 1.54) is 11.1 Å². The molecule has 2 aromatic heterocycles. The summed E-state index contributed by atoms with van der Waals surface area (Å²) in [5, 5.41) is 76.0. The maximum Gasteiger partial charge on any atom is 0.336 e. The van der Waals surface area contributed by atoms with Gasteiger partial charge in [0.15, 0.2) is 22.9 Å². The smallest absolute Gasteiger partial charge is 0.336 e. The average Bonchev–Trinajstić information content (AvgIpc) is 3.95. The van der Waals surface area contributed by atoms with Crippen LogP contribution >= 0.6 is 0 Å². The number of aliphatic hydroxyl groups is 2. The molecule has 2 heterocycles. The van der Waals surface area contributed by atoms with Crippen LogP contribution in [-0.2, 0) is 41.6 Å². The molecule has 0 aliphatic carbocycles. The molecule has 0 spiro atoms. The van der Waals surface area contributed by atoms with Gasteiger partial charge in [-0.05, 0) is 50.1 Å². The third-order valence-corrected chi connectivity index (χ3v) is 10.5. The van der Waals surface area contributed by atoms with E-state index >= 15 is 0 Å². The minimum absolute atomic E-state index is 0.220. The predicted molar refractivity (Wildman–Crippen MR) is 243 cm³/mol. The van der Waals surface area contributed by atoms with Crippen molar-refractivity contribution in [2.75, 3.05) is 39.3 Å². The Morgan fingerprint density at radius 3 is 1.00 bits per heavy atom. The van der Waals surface area contributed by atoms with Crippen LogP contribution in [0.3, 0.4) is 0 Å². The molecule has 376 valence electrons. The van der Waals surface area contributed by atoms with E-state index in [-0.39, 0.29) is 11.8 Å². The van der Waals surface area contributed by atoms with Crippen molar-refractivity contribution in [3.8, 4) is 0 Å². The lowest BCUT2D eigenvalue weighted by Gasteiger charge is -2.18. The zero-order valence-corrected chi connectivity index (χ0v) is 39.4. The summed E-state index contributed by atoms with van der Waals surface area (Å²) >= 11 is 0. The third kappa shape index (κ3) is 21.3. The molecule has 0 radical (unpaired) electrons. The molecular formula is C46H66N6O16. The summed E-state index contributed by atoms with van der Waals surface area (Å²) < 4.78 is 10.8. The molecule has 2 atom stereocenters. The highest BCUT2D eigenvalue weighted by atomic mass is 16.5. The number of likely N-dealkylation sites (N-methyl/N-ethyl adjacent to an activating group) is 2. The zero-order chi connectivity index (χ0) is 51.5. The van der Waals surface area contributed by atoms with E-state index in [4.69, 9.17) is 49.9 Å². The molecule has 2 unspecified atom stereocenters. The topological polar surface area (TPSA) is 349 Å². The number of benzene rings is 2. The number of carboxylic acids is 6. The Morgan fingerprint density at radius 2 is 0.779 bits per heavy atom. The summed E-state index contributed by atoms with van der Waals surface area (Å²) in [6, 6.07) is 20.8. The minimum Gasteiger partial charge on any atom is -0.481 e. The van der Waals surface area contributed by atoms with E-state index in [1.807, 2.05) is 12.1 Å². The molecule has 2 aromatic carbocycles. The monoisotopic (exact) mass is 958 g/mol. The van der Waals surface area contributed by atoms with Crippen LogP contribution in [0.1, 0.15) is 126 Å². The summed E-state index contributed by atoms with van der Waals surface area (Å²) in [6.07, 6.45) is -0.996. The van der Waals surface area contributed by atoms with Gasteiger partial charge in [0.25, 0.3) is 0 Å². The van der Waals surface area contributed by atoms with Crippen LogP contribution in [0.25, 0.3) is 0 Å². The SMILES string of the molecule is CCC(c1ccccc1)c1noc(CCN(CC)CC)n1.CCC(c1ccccc1)c1noc(CCN(CC)CC)n1.O=C(O)CC(O)(CC(=O)O)C(=O)O.O=C(O)CC(O)(CC(=O)O)C(=O)O. The second-order valence-electron chi connectivity index (χ2n) is 15.3. The molecule has 0 aliphatic heterocycles. The van der Waals surface area contributed by atoms with Crippen molar-refractivity contribution < 1.29 is 78.7 Å². The number of rotatable bonds is 26. The van der Waals surface area contributed by atoms with Gasteiger partial charge in [-0.25, -0.2) is 9.59 Å². The maximum atomic E-state index is 10.3. The standard InChI is InChI=1S/2C17H25N3O.2C6H8O7/c2*1-4-15(14-10-8-7-9-11-14)17-18-16(21-19-17)12-13-20(5-2)6-3;2*7-3(8)1-6(13,5(11)12)2-4(9)10/h2*7-11,15H,4-6,12-13H2,1-3H3;2*13H,1-2H2,(H,7,8)(H,9,10)(H,11,12). The van der Waals surface area contributed by atoms with Crippen LogP contribution in [0.4, 0.5) is 0 Å². The molecule has 4 aromatic rings. The van der Waals surface area contributed by atoms with Gasteiger partial charge in [0.1, 0.15) is 0 Å². The highest BCUT2D eigenvalue weighted by Crippen LogP contribution is 2.27.